The van der Waals surface area contributed by atoms with Crippen LogP contribution in [0, 0.1) is 0 Å². The number of rotatable bonds is 6. The zero-order chi connectivity index (χ0) is 20.3. The fraction of sp³-hybridized carbons (Fsp3) is 0.217. The lowest BCUT2D eigenvalue weighted by atomic mass is 9.84. The topological polar surface area (TPSA) is 41.9 Å². The highest BCUT2D eigenvalue weighted by Gasteiger charge is 2.22. The van der Waals surface area contributed by atoms with Crippen LogP contribution in [0.25, 0.3) is 0 Å². The molecule has 0 spiro atoms. The molecule has 0 aliphatic heterocycles. The Morgan fingerprint density at radius 1 is 0.821 bits per heavy atom. The summed E-state index contributed by atoms with van der Waals surface area (Å²) in [6, 6.07) is 19.1. The zero-order valence-corrected chi connectivity index (χ0v) is 17.2. The molecule has 3 rings (SSSR count). The molecule has 0 aromatic heterocycles. The summed E-state index contributed by atoms with van der Waals surface area (Å²) in [5, 5.41) is 11.1. The van der Waals surface area contributed by atoms with E-state index in [2.05, 4.69) is 24.3 Å². The summed E-state index contributed by atoms with van der Waals surface area (Å²) in [6.45, 7) is 0. The second kappa shape index (κ2) is 8.44. The molecule has 1 unspecified atom stereocenters. The molecule has 146 valence electrons. The molecule has 0 amide bonds. The number of anilines is 1. The molecular weight excluding hydrogens is 374 g/mol. The van der Waals surface area contributed by atoms with Gasteiger partial charge in [0.05, 0.1) is 14.2 Å². The van der Waals surface area contributed by atoms with Crippen molar-refractivity contribution in [3.05, 3.63) is 82.4 Å². The van der Waals surface area contributed by atoms with Gasteiger partial charge in [0, 0.05) is 36.3 Å². The van der Waals surface area contributed by atoms with Gasteiger partial charge in [-0.1, -0.05) is 29.8 Å². The van der Waals surface area contributed by atoms with Crippen LogP contribution in [-0.4, -0.2) is 33.4 Å². The summed E-state index contributed by atoms with van der Waals surface area (Å²) in [6.07, 6.45) is 0. The van der Waals surface area contributed by atoms with Crippen LogP contribution in [0.5, 0.6) is 17.2 Å². The van der Waals surface area contributed by atoms with Crippen LogP contribution >= 0.6 is 11.6 Å². The van der Waals surface area contributed by atoms with Crippen molar-refractivity contribution in [2.75, 3.05) is 33.2 Å². The fourth-order valence-corrected chi connectivity index (χ4v) is 3.49. The molecule has 1 atom stereocenters. The minimum absolute atomic E-state index is 0.195. The van der Waals surface area contributed by atoms with Crippen molar-refractivity contribution in [3.63, 3.8) is 0 Å². The maximum absolute atomic E-state index is 10.6. The number of ether oxygens (including phenoxy) is 2. The Hall–Kier alpha value is -2.85. The Morgan fingerprint density at radius 2 is 1.46 bits per heavy atom. The molecule has 0 aliphatic carbocycles. The molecule has 0 saturated heterocycles. The maximum atomic E-state index is 10.6. The third kappa shape index (κ3) is 4.02. The fourth-order valence-electron chi connectivity index (χ4n) is 3.31. The van der Waals surface area contributed by atoms with E-state index in [0.29, 0.717) is 16.5 Å². The number of aromatic hydroxyl groups is 1. The standard InChI is InChI=1S/C23H24ClNO3/c1-25(2)18-9-5-15(6-10-18)23(19-14-17(24)8-11-20(19)26)16-7-12-21(27-3)22(13-16)28-4/h5-14,23,26H,1-4H3. The highest BCUT2D eigenvalue weighted by molar-refractivity contribution is 6.30. The number of methoxy groups -OCH3 is 2. The summed E-state index contributed by atoms with van der Waals surface area (Å²) in [4.78, 5) is 2.05. The van der Waals surface area contributed by atoms with E-state index in [1.165, 1.54) is 0 Å². The van der Waals surface area contributed by atoms with Crippen LogP contribution < -0.4 is 14.4 Å². The van der Waals surface area contributed by atoms with Gasteiger partial charge in [-0.15, -0.1) is 0 Å². The van der Waals surface area contributed by atoms with Crippen LogP contribution in [0.2, 0.25) is 5.02 Å². The number of phenols is 1. The smallest absolute Gasteiger partial charge is 0.161 e. The van der Waals surface area contributed by atoms with Crippen LogP contribution in [0.3, 0.4) is 0 Å². The second-order valence-electron chi connectivity index (χ2n) is 6.74. The minimum atomic E-state index is -0.213. The van der Waals surface area contributed by atoms with E-state index in [-0.39, 0.29) is 11.7 Å². The number of nitrogens with zero attached hydrogens (tertiary/aromatic N) is 1. The van der Waals surface area contributed by atoms with Crippen molar-refractivity contribution in [3.8, 4) is 17.2 Å². The van der Waals surface area contributed by atoms with Gasteiger partial charge in [0.2, 0.25) is 0 Å². The van der Waals surface area contributed by atoms with E-state index in [1.807, 2.05) is 37.2 Å². The normalized spacial score (nSPS) is 11.8. The van der Waals surface area contributed by atoms with E-state index < -0.39 is 0 Å². The van der Waals surface area contributed by atoms with Crippen molar-refractivity contribution in [1.82, 2.24) is 0 Å². The largest absolute Gasteiger partial charge is 0.508 e. The third-order valence-electron chi connectivity index (χ3n) is 4.78. The quantitative estimate of drug-likeness (QED) is 0.572. The number of halogens is 1. The molecule has 4 nitrogen and oxygen atoms in total. The van der Waals surface area contributed by atoms with Crippen molar-refractivity contribution in [2.45, 2.75) is 5.92 Å². The summed E-state index contributed by atoms with van der Waals surface area (Å²) in [5.41, 5.74) is 3.84. The molecule has 0 radical (unpaired) electrons. The lowest BCUT2D eigenvalue weighted by Crippen LogP contribution is -2.09. The summed E-state index contributed by atoms with van der Waals surface area (Å²) >= 11 is 6.25. The predicted molar refractivity (Wildman–Crippen MR) is 114 cm³/mol. The van der Waals surface area contributed by atoms with E-state index in [4.69, 9.17) is 21.1 Å². The first-order chi connectivity index (χ1) is 13.4. The van der Waals surface area contributed by atoms with Crippen LogP contribution in [0.1, 0.15) is 22.6 Å². The first-order valence-electron chi connectivity index (χ1n) is 8.92. The lowest BCUT2D eigenvalue weighted by molar-refractivity contribution is 0.354. The molecule has 5 heteroatoms. The van der Waals surface area contributed by atoms with Crippen LogP contribution in [-0.2, 0) is 0 Å². The number of phenolic OH excluding ortho intramolecular Hbond substituents is 1. The lowest BCUT2D eigenvalue weighted by Gasteiger charge is -2.22. The maximum Gasteiger partial charge on any atom is 0.161 e. The van der Waals surface area contributed by atoms with E-state index in [1.54, 1.807) is 32.4 Å². The van der Waals surface area contributed by atoms with Gasteiger partial charge < -0.3 is 19.5 Å². The Morgan fingerprint density at radius 3 is 2.07 bits per heavy atom. The second-order valence-corrected chi connectivity index (χ2v) is 7.17. The zero-order valence-electron chi connectivity index (χ0n) is 16.4. The summed E-state index contributed by atoms with van der Waals surface area (Å²) < 4.78 is 10.8. The summed E-state index contributed by atoms with van der Waals surface area (Å²) in [7, 11) is 7.23. The number of benzene rings is 3. The molecular formula is C23H24ClNO3. The Balaban J connectivity index is 2.18. The first kappa shape index (κ1) is 19.9. The van der Waals surface area contributed by atoms with E-state index in [0.717, 1.165) is 22.4 Å². The van der Waals surface area contributed by atoms with Gasteiger partial charge in [0.15, 0.2) is 11.5 Å². The summed E-state index contributed by atoms with van der Waals surface area (Å²) in [5.74, 6) is 1.27. The van der Waals surface area contributed by atoms with Gasteiger partial charge in [0.1, 0.15) is 5.75 Å². The van der Waals surface area contributed by atoms with Crippen molar-refractivity contribution >= 4 is 17.3 Å². The highest BCUT2D eigenvalue weighted by Crippen LogP contribution is 2.41. The average Bonchev–Trinajstić information content (AvgIpc) is 2.71. The molecule has 0 saturated carbocycles. The molecule has 0 fully saturated rings. The number of hydrogen-bond acceptors (Lipinski definition) is 4. The van der Waals surface area contributed by atoms with E-state index in [9.17, 15) is 5.11 Å². The monoisotopic (exact) mass is 397 g/mol. The molecule has 0 aliphatic rings. The average molecular weight is 398 g/mol. The molecule has 3 aromatic rings. The van der Waals surface area contributed by atoms with Gasteiger partial charge in [0.25, 0.3) is 0 Å². The molecule has 3 aromatic carbocycles. The van der Waals surface area contributed by atoms with Crippen molar-refractivity contribution in [2.24, 2.45) is 0 Å². The molecule has 1 N–H and O–H groups in total. The first-order valence-corrected chi connectivity index (χ1v) is 9.30. The molecule has 28 heavy (non-hydrogen) atoms. The van der Waals surface area contributed by atoms with Gasteiger partial charge in [-0.2, -0.15) is 0 Å². The van der Waals surface area contributed by atoms with Gasteiger partial charge in [-0.3, -0.25) is 0 Å². The van der Waals surface area contributed by atoms with Crippen molar-refractivity contribution in [1.29, 1.82) is 0 Å². The Bertz CT molecular complexity index is 955. The van der Waals surface area contributed by atoms with Crippen LogP contribution in [0.15, 0.2) is 60.7 Å². The third-order valence-corrected chi connectivity index (χ3v) is 5.02. The van der Waals surface area contributed by atoms with Crippen LogP contribution in [0.4, 0.5) is 5.69 Å². The predicted octanol–water partition coefficient (Wildman–Crippen LogP) is 5.31. The molecule has 0 heterocycles. The van der Waals surface area contributed by atoms with Crippen molar-refractivity contribution < 1.29 is 14.6 Å². The minimum Gasteiger partial charge on any atom is -0.508 e. The molecule has 0 bridgehead atoms. The SMILES string of the molecule is COc1ccc(C(c2ccc(N(C)C)cc2)c2cc(Cl)ccc2O)cc1OC. The Kier molecular flexibility index (Phi) is 6.00. The van der Waals surface area contributed by atoms with Gasteiger partial charge in [-0.05, 0) is 53.6 Å². The van der Waals surface area contributed by atoms with Gasteiger partial charge >= 0.3 is 0 Å². The van der Waals surface area contributed by atoms with Gasteiger partial charge in [-0.25, -0.2) is 0 Å². The van der Waals surface area contributed by atoms with E-state index >= 15 is 0 Å². The number of hydrogen-bond donors (Lipinski definition) is 1. The Labute approximate surface area is 170 Å². The highest BCUT2D eigenvalue weighted by atomic mass is 35.5.